The highest BCUT2D eigenvalue weighted by Gasteiger charge is 2.39. The van der Waals surface area contributed by atoms with E-state index in [0.717, 1.165) is 16.6 Å². The van der Waals surface area contributed by atoms with Gasteiger partial charge in [-0.2, -0.15) is 5.26 Å². The minimum Gasteiger partial charge on any atom is -0.373 e. The van der Waals surface area contributed by atoms with Gasteiger partial charge in [-0.25, -0.2) is 4.90 Å². The summed E-state index contributed by atoms with van der Waals surface area (Å²) in [7, 11) is 0. The smallest absolute Gasteiger partial charge is 0.256 e. The van der Waals surface area contributed by atoms with Gasteiger partial charge in [-0.05, 0) is 47.9 Å². The lowest BCUT2D eigenvalue weighted by Gasteiger charge is -2.16. The van der Waals surface area contributed by atoms with Crippen LogP contribution in [-0.4, -0.2) is 22.8 Å². The van der Waals surface area contributed by atoms with E-state index in [1.807, 2.05) is 36.5 Å². The predicted octanol–water partition coefficient (Wildman–Crippen LogP) is 2.78. The Morgan fingerprint density at radius 1 is 1.12 bits per heavy atom. The van der Waals surface area contributed by atoms with Crippen LogP contribution in [0.25, 0.3) is 10.9 Å². The number of carbonyl (C=O) groups is 2. The van der Waals surface area contributed by atoms with Crippen molar-refractivity contribution in [1.82, 2.24) is 4.98 Å². The molecule has 2 heterocycles. The zero-order valence-electron chi connectivity index (χ0n) is 13.2. The first kappa shape index (κ1) is 15.0. The molecule has 0 bridgehead atoms. The van der Waals surface area contributed by atoms with Crippen LogP contribution < -0.4 is 10.2 Å². The third kappa shape index (κ3) is 2.62. The van der Waals surface area contributed by atoms with Gasteiger partial charge >= 0.3 is 0 Å². The van der Waals surface area contributed by atoms with Gasteiger partial charge in [-0.3, -0.25) is 9.59 Å². The number of hydrogen-bond acceptors (Lipinski definition) is 4. The molecule has 25 heavy (non-hydrogen) atoms. The summed E-state index contributed by atoms with van der Waals surface area (Å²) in [6.45, 7) is 0. The van der Waals surface area contributed by atoms with E-state index in [9.17, 15) is 9.59 Å². The van der Waals surface area contributed by atoms with Crippen LogP contribution in [-0.2, 0) is 9.59 Å². The average molecular weight is 330 g/mol. The van der Waals surface area contributed by atoms with Crippen molar-refractivity contribution in [1.29, 1.82) is 5.26 Å². The van der Waals surface area contributed by atoms with E-state index in [1.54, 1.807) is 24.3 Å². The Bertz CT molecular complexity index is 1010. The van der Waals surface area contributed by atoms with Crippen molar-refractivity contribution in [3.05, 3.63) is 60.3 Å². The lowest BCUT2D eigenvalue weighted by Crippen LogP contribution is -2.34. The highest BCUT2D eigenvalue weighted by atomic mass is 16.2. The first-order chi connectivity index (χ1) is 12.2. The van der Waals surface area contributed by atoms with Crippen molar-refractivity contribution in [2.75, 3.05) is 10.2 Å². The summed E-state index contributed by atoms with van der Waals surface area (Å²) >= 11 is 0. The molecule has 122 valence electrons. The van der Waals surface area contributed by atoms with Crippen LogP contribution in [0.15, 0.2) is 54.7 Å². The van der Waals surface area contributed by atoms with Gasteiger partial charge in [-0.1, -0.05) is 6.07 Å². The average Bonchev–Trinajstić information content (AvgIpc) is 3.19. The van der Waals surface area contributed by atoms with Crippen LogP contribution >= 0.6 is 0 Å². The van der Waals surface area contributed by atoms with Gasteiger partial charge < -0.3 is 10.3 Å². The molecule has 2 amide bonds. The van der Waals surface area contributed by atoms with Crippen molar-refractivity contribution < 1.29 is 9.59 Å². The largest absolute Gasteiger partial charge is 0.373 e. The number of rotatable bonds is 3. The number of aromatic nitrogens is 1. The van der Waals surface area contributed by atoms with Gasteiger partial charge in [0, 0.05) is 17.4 Å². The van der Waals surface area contributed by atoms with Gasteiger partial charge in [0.1, 0.15) is 6.04 Å². The highest BCUT2D eigenvalue weighted by molar-refractivity contribution is 6.23. The Kier molecular flexibility index (Phi) is 3.47. The first-order valence-corrected chi connectivity index (χ1v) is 7.86. The van der Waals surface area contributed by atoms with Crippen molar-refractivity contribution in [2.45, 2.75) is 12.5 Å². The third-order valence-corrected chi connectivity index (χ3v) is 4.30. The lowest BCUT2D eigenvalue weighted by molar-refractivity contribution is -0.121. The van der Waals surface area contributed by atoms with Gasteiger partial charge in [0.2, 0.25) is 5.91 Å². The van der Waals surface area contributed by atoms with Crippen molar-refractivity contribution in [3.63, 3.8) is 0 Å². The molecule has 1 saturated heterocycles. The highest BCUT2D eigenvalue weighted by Crippen LogP contribution is 2.26. The van der Waals surface area contributed by atoms with Gasteiger partial charge in [0.25, 0.3) is 5.91 Å². The van der Waals surface area contributed by atoms with E-state index in [1.165, 1.54) is 4.90 Å². The fourth-order valence-corrected chi connectivity index (χ4v) is 3.04. The monoisotopic (exact) mass is 330 g/mol. The summed E-state index contributed by atoms with van der Waals surface area (Å²) in [6, 6.07) is 15.5. The molecule has 1 unspecified atom stereocenters. The Hall–Kier alpha value is -3.59. The van der Waals surface area contributed by atoms with E-state index in [-0.39, 0.29) is 18.2 Å². The molecule has 2 N–H and O–H groups in total. The lowest BCUT2D eigenvalue weighted by atomic mass is 10.2. The number of nitrogens with zero attached hydrogens (tertiary/aromatic N) is 2. The van der Waals surface area contributed by atoms with Crippen LogP contribution in [0.3, 0.4) is 0 Å². The quantitative estimate of drug-likeness (QED) is 0.723. The number of benzene rings is 2. The fraction of sp³-hybridized carbons (Fsp3) is 0.105. The standard InChI is InChI=1S/C19H14N4O2/c20-11-12-1-5-15(6-2-12)23-18(24)10-17(19(23)25)22-14-4-3-13-7-8-21-16(13)9-14/h1-9,17,21-22H,10H2. The number of fused-ring (bicyclic) bond motifs is 1. The number of amides is 2. The van der Waals surface area contributed by atoms with Crippen molar-refractivity contribution >= 4 is 34.1 Å². The molecule has 0 radical (unpaired) electrons. The summed E-state index contributed by atoms with van der Waals surface area (Å²) < 4.78 is 0. The first-order valence-electron chi connectivity index (χ1n) is 7.86. The molecule has 2 aromatic carbocycles. The normalized spacial score (nSPS) is 17.1. The van der Waals surface area contributed by atoms with Crippen LogP contribution in [0.2, 0.25) is 0 Å². The second kappa shape index (κ2) is 5.80. The number of imide groups is 1. The Morgan fingerprint density at radius 2 is 1.92 bits per heavy atom. The molecule has 6 heteroatoms. The van der Waals surface area contributed by atoms with Gasteiger partial charge in [0.05, 0.1) is 23.7 Å². The van der Waals surface area contributed by atoms with Crippen LogP contribution in [0, 0.1) is 11.3 Å². The molecule has 1 fully saturated rings. The van der Waals surface area contributed by atoms with E-state index in [2.05, 4.69) is 10.3 Å². The van der Waals surface area contributed by atoms with Crippen LogP contribution in [0.5, 0.6) is 0 Å². The molecule has 1 aliphatic rings. The minimum absolute atomic E-state index is 0.0988. The summed E-state index contributed by atoms with van der Waals surface area (Å²) in [5.41, 5.74) is 2.71. The molecule has 1 aliphatic heterocycles. The Labute approximate surface area is 143 Å². The van der Waals surface area contributed by atoms with Gasteiger partial charge in [-0.15, -0.1) is 0 Å². The molecule has 3 aromatic rings. The number of H-pyrrole nitrogens is 1. The fourth-order valence-electron chi connectivity index (χ4n) is 3.04. The maximum absolute atomic E-state index is 12.7. The zero-order valence-corrected chi connectivity index (χ0v) is 13.2. The van der Waals surface area contributed by atoms with Crippen molar-refractivity contribution in [3.8, 4) is 6.07 Å². The molecule has 0 aliphatic carbocycles. The number of nitriles is 1. The number of anilines is 2. The van der Waals surface area contributed by atoms with Crippen molar-refractivity contribution in [2.24, 2.45) is 0 Å². The Morgan fingerprint density at radius 3 is 2.68 bits per heavy atom. The number of carbonyl (C=O) groups excluding carboxylic acids is 2. The van der Waals surface area contributed by atoms with E-state index >= 15 is 0 Å². The molecule has 0 spiro atoms. The molecule has 4 rings (SSSR count). The molecular weight excluding hydrogens is 316 g/mol. The SMILES string of the molecule is N#Cc1ccc(N2C(=O)CC(Nc3ccc4cc[nH]c4c3)C2=O)cc1. The summed E-state index contributed by atoms with van der Waals surface area (Å²) in [6.07, 6.45) is 1.95. The summed E-state index contributed by atoms with van der Waals surface area (Å²) in [5, 5.41) is 13.1. The topological polar surface area (TPSA) is 89.0 Å². The van der Waals surface area contributed by atoms with E-state index < -0.39 is 6.04 Å². The second-order valence-electron chi connectivity index (χ2n) is 5.91. The van der Waals surface area contributed by atoms with E-state index in [0.29, 0.717) is 11.3 Å². The number of aromatic amines is 1. The molecule has 0 saturated carbocycles. The minimum atomic E-state index is -0.601. The summed E-state index contributed by atoms with van der Waals surface area (Å²) in [5.74, 6) is -0.547. The number of hydrogen-bond donors (Lipinski definition) is 2. The molecule has 1 aromatic heterocycles. The summed E-state index contributed by atoms with van der Waals surface area (Å²) in [4.78, 5) is 29.3. The van der Waals surface area contributed by atoms with Gasteiger partial charge in [0.15, 0.2) is 0 Å². The zero-order chi connectivity index (χ0) is 17.4. The maximum atomic E-state index is 12.7. The Balaban J connectivity index is 1.56. The molecule has 6 nitrogen and oxygen atoms in total. The molecule has 1 atom stereocenters. The molecular formula is C19H14N4O2. The van der Waals surface area contributed by atoms with Crippen LogP contribution in [0.1, 0.15) is 12.0 Å². The predicted molar refractivity (Wildman–Crippen MR) is 94.0 cm³/mol. The maximum Gasteiger partial charge on any atom is 0.256 e. The van der Waals surface area contributed by atoms with E-state index in [4.69, 9.17) is 5.26 Å². The number of nitrogens with one attached hydrogen (secondary N) is 2. The third-order valence-electron chi connectivity index (χ3n) is 4.30. The van der Waals surface area contributed by atoms with Crippen LogP contribution in [0.4, 0.5) is 11.4 Å². The second-order valence-corrected chi connectivity index (χ2v) is 5.91.